The Morgan fingerprint density at radius 2 is 1.85 bits per heavy atom. The van der Waals surface area contributed by atoms with Crippen molar-refractivity contribution in [3.63, 3.8) is 0 Å². The first kappa shape index (κ1) is 18.0. The molecule has 2 heterocycles. The van der Waals surface area contributed by atoms with Crippen LogP contribution in [0.2, 0.25) is 0 Å². The summed E-state index contributed by atoms with van der Waals surface area (Å²) in [6.07, 6.45) is 3.36. The lowest BCUT2D eigenvalue weighted by atomic mass is 9.70. The van der Waals surface area contributed by atoms with Crippen molar-refractivity contribution in [2.24, 2.45) is 5.92 Å². The van der Waals surface area contributed by atoms with E-state index < -0.39 is 5.79 Å². The maximum atomic E-state index is 6.19. The van der Waals surface area contributed by atoms with Crippen LogP contribution in [-0.2, 0) is 25.4 Å². The Kier molecular flexibility index (Phi) is 4.86. The van der Waals surface area contributed by atoms with Gasteiger partial charge in [0.2, 0.25) is 0 Å². The van der Waals surface area contributed by atoms with E-state index in [4.69, 9.17) is 28.4 Å². The van der Waals surface area contributed by atoms with Crippen molar-refractivity contribution in [1.82, 2.24) is 0 Å². The summed E-state index contributed by atoms with van der Waals surface area (Å²) in [7, 11) is 3.31. The van der Waals surface area contributed by atoms with E-state index in [0.717, 1.165) is 37.2 Å². The van der Waals surface area contributed by atoms with Crippen molar-refractivity contribution < 1.29 is 28.4 Å². The first-order chi connectivity index (χ1) is 12.6. The molecule has 144 valence electrons. The predicted octanol–water partition coefficient (Wildman–Crippen LogP) is 2.92. The normalized spacial score (nSPS) is 31.0. The first-order valence-electron chi connectivity index (χ1n) is 9.35. The minimum atomic E-state index is -0.467. The molecule has 0 N–H and O–H groups in total. The highest BCUT2D eigenvalue weighted by atomic mass is 16.8. The molecule has 0 radical (unpaired) electrons. The highest BCUT2D eigenvalue weighted by Gasteiger charge is 2.58. The van der Waals surface area contributed by atoms with Gasteiger partial charge in [-0.3, -0.25) is 0 Å². The van der Waals surface area contributed by atoms with E-state index in [2.05, 4.69) is 13.0 Å². The number of fused-ring (bicyclic) bond motifs is 1. The highest BCUT2D eigenvalue weighted by Crippen LogP contribution is 2.50. The van der Waals surface area contributed by atoms with Crippen molar-refractivity contribution >= 4 is 0 Å². The summed E-state index contributed by atoms with van der Waals surface area (Å²) >= 11 is 0. The van der Waals surface area contributed by atoms with Crippen LogP contribution in [0.1, 0.15) is 31.7 Å². The van der Waals surface area contributed by atoms with E-state index in [0.29, 0.717) is 25.9 Å². The summed E-state index contributed by atoms with van der Waals surface area (Å²) in [6, 6.07) is 6.09. The molecule has 1 spiro atoms. The molecule has 3 aliphatic rings. The Balaban J connectivity index is 1.51. The maximum absolute atomic E-state index is 6.19. The zero-order chi connectivity index (χ0) is 18.2. The molecule has 1 aromatic rings. The Morgan fingerprint density at radius 1 is 1.08 bits per heavy atom. The molecule has 26 heavy (non-hydrogen) atoms. The number of ether oxygens (including phenoxy) is 6. The van der Waals surface area contributed by atoms with Gasteiger partial charge in [-0.05, 0) is 36.5 Å². The van der Waals surface area contributed by atoms with Gasteiger partial charge in [0.05, 0.1) is 33.5 Å². The van der Waals surface area contributed by atoms with Crippen molar-refractivity contribution in [1.29, 1.82) is 0 Å². The molecule has 6 heteroatoms. The van der Waals surface area contributed by atoms with Crippen LogP contribution in [-0.4, -0.2) is 51.7 Å². The van der Waals surface area contributed by atoms with Gasteiger partial charge in [0.25, 0.3) is 0 Å². The molecule has 1 unspecified atom stereocenters. The number of benzene rings is 1. The number of hydrogen-bond donors (Lipinski definition) is 0. The minimum Gasteiger partial charge on any atom is -0.493 e. The van der Waals surface area contributed by atoms with Crippen molar-refractivity contribution in [2.75, 3.05) is 34.2 Å². The van der Waals surface area contributed by atoms with Crippen LogP contribution in [0.5, 0.6) is 11.5 Å². The molecule has 6 nitrogen and oxygen atoms in total. The number of rotatable bonds is 5. The largest absolute Gasteiger partial charge is 0.493 e. The second-order valence-electron chi connectivity index (χ2n) is 7.48. The molecule has 0 amide bonds. The zero-order valence-corrected chi connectivity index (χ0v) is 15.8. The molecule has 1 saturated carbocycles. The summed E-state index contributed by atoms with van der Waals surface area (Å²) in [5, 5.41) is 0. The van der Waals surface area contributed by atoms with Crippen LogP contribution >= 0.6 is 0 Å². The molecule has 0 bridgehead atoms. The van der Waals surface area contributed by atoms with Gasteiger partial charge in [-0.15, -0.1) is 0 Å². The monoisotopic (exact) mass is 364 g/mol. The lowest BCUT2D eigenvalue weighted by molar-refractivity contribution is -0.220. The average Bonchev–Trinajstić information content (AvgIpc) is 3.29. The topological polar surface area (TPSA) is 55.4 Å². The van der Waals surface area contributed by atoms with Crippen LogP contribution in [0.25, 0.3) is 0 Å². The Bertz CT molecular complexity index is 641. The van der Waals surface area contributed by atoms with Gasteiger partial charge >= 0.3 is 0 Å². The van der Waals surface area contributed by atoms with E-state index in [1.165, 1.54) is 5.56 Å². The summed E-state index contributed by atoms with van der Waals surface area (Å²) in [5.41, 5.74) is 0.917. The average molecular weight is 364 g/mol. The van der Waals surface area contributed by atoms with E-state index in [1.807, 2.05) is 12.1 Å². The van der Waals surface area contributed by atoms with Crippen molar-refractivity contribution in [2.45, 2.75) is 50.1 Å². The minimum absolute atomic E-state index is 0.00416. The van der Waals surface area contributed by atoms with Crippen molar-refractivity contribution in [3.8, 4) is 11.5 Å². The smallest absolute Gasteiger partial charge is 0.171 e. The molecule has 0 aromatic heterocycles. The standard InChI is InChI=1S/C20H28O6/c1-14(10-15-4-5-16(21-2)17(11-15)22-3)20-7-6-19(24-8-9-25-19)12-18(20)23-13-26-20/h4-5,11,14,18H,6-10,12-13H2,1-3H3/t14?,18-,20-/m1/s1. The van der Waals surface area contributed by atoms with Crippen LogP contribution in [0.4, 0.5) is 0 Å². The van der Waals surface area contributed by atoms with Gasteiger partial charge < -0.3 is 28.4 Å². The third kappa shape index (κ3) is 2.99. The quantitative estimate of drug-likeness (QED) is 0.801. The second kappa shape index (κ2) is 7.00. The van der Waals surface area contributed by atoms with Gasteiger partial charge in [0, 0.05) is 12.8 Å². The summed E-state index contributed by atoms with van der Waals surface area (Å²) < 4.78 is 34.7. The number of hydrogen-bond acceptors (Lipinski definition) is 6. The SMILES string of the molecule is COc1ccc(CC(C)[C@]23CCC4(C[C@H]2OCO3)OCCO4)cc1OC. The lowest BCUT2D eigenvalue weighted by Crippen LogP contribution is -2.55. The molecule has 3 fully saturated rings. The van der Waals surface area contributed by atoms with E-state index in [9.17, 15) is 0 Å². The van der Waals surface area contributed by atoms with Gasteiger partial charge in [-0.1, -0.05) is 13.0 Å². The van der Waals surface area contributed by atoms with Crippen LogP contribution in [0.3, 0.4) is 0 Å². The Morgan fingerprint density at radius 3 is 2.58 bits per heavy atom. The first-order valence-corrected chi connectivity index (χ1v) is 9.35. The third-order valence-electron chi connectivity index (χ3n) is 6.17. The van der Waals surface area contributed by atoms with Gasteiger partial charge in [0.1, 0.15) is 12.4 Å². The molecule has 4 rings (SSSR count). The zero-order valence-electron chi connectivity index (χ0n) is 15.8. The predicted molar refractivity (Wildman–Crippen MR) is 94.5 cm³/mol. The summed E-state index contributed by atoms with van der Waals surface area (Å²) in [6.45, 7) is 3.92. The van der Waals surface area contributed by atoms with Crippen LogP contribution in [0.15, 0.2) is 18.2 Å². The van der Waals surface area contributed by atoms with Crippen molar-refractivity contribution in [3.05, 3.63) is 23.8 Å². The van der Waals surface area contributed by atoms with Gasteiger partial charge in [-0.2, -0.15) is 0 Å². The maximum Gasteiger partial charge on any atom is 0.171 e. The number of methoxy groups -OCH3 is 2. The van der Waals surface area contributed by atoms with E-state index in [1.54, 1.807) is 14.2 Å². The molecule has 2 aliphatic heterocycles. The fourth-order valence-corrected chi connectivity index (χ4v) is 4.69. The summed E-state index contributed by atoms with van der Waals surface area (Å²) in [4.78, 5) is 0. The second-order valence-corrected chi connectivity index (χ2v) is 7.48. The highest BCUT2D eigenvalue weighted by molar-refractivity contribution is 5.43. The molecular weight excluding hydrogens is 336 g/mol. The Labute approximate surface area is 154 Å². The van der Waals surface area contributed by atoms with Crippen LogP contribution in [0, 0.1) is 5.92 Å². The van der Waals surface area contributed by atoms with E-state index in [-0.39, 0.29) is 11.7 Å². The van der Waals surface area contributed by atoms with E-state index >= 15 is 0 Å². The molecule has 1 aromatic carbocycles. The lowest BCUT2D eigenvalue weighted by Gasteiger charge is -2.46. The Hall–Kier alpha value is -1.34. The van der Waals surface area contributed by atoms with Gasteiger partial charge in [-0.25, -0.2) is 0 Å². The summed E-state index contributed by atoms with van der Waals surface area (Å²) in [5.74, 6) is 1.33. The molecule has 3 atom stereocenters. The molecule has 2 saturated heterocycles. The van der Waals surface area contributed by atoms with Gasteiger partial charge in [0.15, 0.2) is 17.3 Å². The third-order valence-corrected chi connectivity index (χ3v) is 6.17. The fraction of sp³-hybridized carbons (Fsp3) is 0.700. The molecule has 1 aliphatic carbocycles. The fourth-order valence-electron chi connectivity index (χ4n) is 4.69. The molecular formula is C20H28O6. The van der Waals surface area contributed by atoms with Crippen LogP contribution < -0.4 is 9.47 Å².